The number of carbonyl (C=O) groups is 2. The van der Waals surface area contributed by atoms with Crippen LogP contribution in [-0.2, 0) is 11.0 Å². The third kappa shape index (κ3) is 5.95. The van der Waals surface area contributed by atoms with Crippen LogP contribution in [0, 0.1) is 11.8 Å². The van der Waals surface area contributed by atoms with E-state index >= 15 is 0 Å². The van der Waals surface area contributed by atoms with Crippen molar-refractivity contribution in [1.29, 1.82) is 0 Å². The van der Waals surface area contributed by atoms with Gasteiger partial charge in [0.1, 0.15) is 0 Å². The first-order valence-corrected chi connectivity index (χ1v) is 7.85. The van der Waals surface area contributed by atoms with Crippen LogP contribution in [0.15, 0.2) is 24.3 Å². The zero-order chi connectivity index (χ0) is 19.4. The minimum atomic E-state index is -4.46. The van der Waals surface area contributed by atoms with Crippen molar-refractivity contribution in [3.8, 4) is 0 Å². The van der Waals surface area contributed by atoms with Gasteiger partial charge in [-0.25, -0.2) is 4.79 Å². The summed E-state index contributed by atoms with van der Waals surface area (Å²) in [6.07, 6.45) is -4.46. The van der Waals surface area contributed by atoms with Crippen molar-refractivity contribution in [1.82, 2.24) is 10.2 Å². The van der Waals surface area contributed by atoms with Crippen molar-refractivity contribution in [2.75, 3.05) is 13.6 Å². The number of amides is 2. The molecule has 2 atom stereocenters. The SMILES string of the molecule is CC(CN(C)C(=O)NC(c1cccc(C(F)(F)F)c1)C(C)C)C(=O)O. The smallest absolute Gasteiger partial charge is 0.416 e. The number of carboxylic acids is 1. The average Bonchev–Trinajstić information content (AvgIpc) is 2.51. The number of hydrogen-bond acceptors (Lipinski definition) is 2. The van der Waals surface area contributed by atoms with Crippen molar-refractivity contribution < 1.29 is 27.9 Å². The number of halogens is 3. The first kappa shape index (κ1) is 20.8. The summed E-state index contributed by atoms with van der Waals surface area (Å²) < 4.78 is 38.7. The number of rotatable bonds is 6. The van der Waals surface area contributed by atoms with Crippen molar-refractivity contribution in [2.24, 2.45) is 11.8 Å². The van der Waals surface area contributed by atoms with E-state index in [0.29, 0.717) is 5.56 Å². The van der Waals surface area contributed by atoms with E-state index in [1.54, 1.807) is 13.8 Å². The normalized spacial score (nSPS) is 14.1. The molecule has 0 fully saturated rings. The lowest BCUT2D eigenvalue weighted by Crippen LogP contribution is -2.43. The molecule has 0 heterocycles. The molecule has 0 aliphatic rings. The Balaban J connectivity index is 2.95. The largest absolute Gasteiger partial charge is 0.481 e. The minimum absolute atomic E-state index is 0.00538. The molecular formula is C17H23F3N2O3. The Morgan fingerprint density at radius 1 is 1.24 bits per heavy atom. The molecule has 1 aromatic rings. The Labute approximate surface area is 144 Å². The predicted molar refractivity (Wildman–Crippen MR) is 87.0 cm³/mol. The average molecular weight is 360 g/mol. The summed E-state index contributed by atoms with van der Waals surface area (Å²) in [6, 6.07) is 3.66. The van der Waals surface area contributed by atoms with Crippen LogP contribution in [0.3, 0.4) is 0 Å². The molecule has 2 N–H and O–H groups in total. The van der Waals surface area contributed by atoms with Crippen LogP contribution in [0.1, 0.15) is 37.9 Å². The Morgan fingerprint density at radius 3 is 2.32 bits per heavy atom. The topological polar surface area (TPSA) is 69.6 Å². The van der Waals surface area contributed by atoms with E-state index in [1.165, 1.54) is 31.0 Å². The van der Waals surface area contributed by atoms with Gasteiger partial charge in [0.2, 0.25) is 0 Å². The van der Waals surface area contributed by atoms with Gasteiger partial charge in [0.15, 0.2) is 0 Å². The number of carboxylic acid groups (broad SMARTS) is 1. The highest BCUT2D eigenvalue weighted by Gasteiger charge is 2.31. The van der Waals surface area contributed by atoms with E-state index in [2.05, 4.69) is 5.32 Å². The van der Waals surface area contributed by atoms with Gasteiger partial charge in [-0.15, -0.1) is 0 Å². The quantitative estimate of drug-likeness (QED) is 0.811. The minimum Gasteiger partial charge on any atom is -0.481 e. The first-order chi connectivity index (χ1) is 11.4. The lowest BCUT2D eigenvalue weighted by molar-refractivity contribution is -0.141. The number of aliphatic carboxylic acids is 1. The van der Waals surface area contributed by atoms with Gasteiger partial charge in [-0.1, -0.05) is 32.9 Å². The third-order valence-corrected chi connectivity index (χ3v) is 3.83. The molecule has 0 spiro atoms. The first-order valence-electron chi connectivity index (χ1n) is 7.85. The summed E-state index contributed by atoms with van der Waals surface area (Å²) in [6.45, 7) is 5.03. The molecule has 0 radical (unpaired) electrons. The fraction of sp³-hybridized carbons (Fsp3) is 0.529. The number of urea groups is 1. The van der Waals surface area contributed by atoms with Crippen molar-refractivity contribution in [2.45, 2.75) is 33.0 Å². The summed E-state index contributed by atoms with van der Waals surface area (Å²) in [7, 11) is 1.44. The van der Waals surface area contributed by atoms with Crippen LogP contribution in [0.5, 0.6) is 0 Å². The number of hydrogen-bond donors (Lipinski definition) is 2. The molecule has 0 aliphatic carbocycles. The monoisotopic (exact) mass is 360 g/mol. The molecule has 1 aromatic carbocycles. The standard InChI is InChI=1S/C17H23F3N2O3/c1-10(2)14(12-6-5-7-13(8-12)17(18,19)20)21-16(25)22(4)9-11(3)15(23)24/h5-8,10-11,14H,9H2,1-4H3,(H,21,25)(H,23,24). The van der Waals surface area contributed by atoms with Gasteiger partial charge in [0.05, 0.1) is 17.5 Å². The highest BCUT2D eigenvalue weighted by molar-refractivity contribution is 5.76. The molecule has 5 nitrogen and oxygen atoms in total. The van der Waals surface area contributed by atoms with E-state index in [4.69, 9.17) is 5.11 Å². The second-order valence-electron chi connectivity index (χ2n) is 6.41. The number of nitrogens with zero attached hydrogens (tertiary/aromatic N) is 1. The number of nitrogens with one attached hydrogen (secondary N) is 1. The summed E-state index contributed by atoms with van der Waals surface area (Å²) in [5, 5.41) is 11.6. The maximum Gasteiger partial charge on any atom is 0.416 e. The lowest BCUT2D eigenvalue weighted by Gasteiger charge is -2.27. The molecule has 0 aliphatic heterocycles. The van der Waals surface area contributed by atoms with E-state index < -0.39 is 35.7 Å². The van der Waals surface area contributed by atoms with Crippen LogP contribution in [0.4, 0.5) is 18.0 Å². The molecule has 2 amide bonds. The second-order valence-corrected chi connectivity index (χ2v) is 6.41. The Kier molecular flexibility index (Phi) is 6.84. The Bertz CT molecular complexity index is 617. The zero-order valence-corrected chi connectivity index (χ0v) is 14.6. The molecule has 0 saturated carbocycles. The molecule has 1 rings (SSSR count). The molecule has 0 bridgehead atoms. The van der Waals surface area contributed by atoms with E-state index in [-0.39, 0.29) is 12.5 Å². The van der Waals surface area contributed by atoms with Gasteiger partial charge in [-0.05, 0) is 23.6 Å². The number of benzene rings is 1. The highest BCUT2D eigenvalue weighted by Crippen LogP contribution is 2.32. The molecular weight excluding hydrogens is 337 g/mol. The third-order valence-electron chi connectivity index (χ3n) is 3.83. The fourth-order valence-electron chi connectivity index (χ4n) is 2.36. The lowest BCUT2D eigenvalue weighted by atomic mass is 9.94. The van der Waals surface area contributed by atoms with Gasteiger partial charge in [0, 0.05) is 13.6 Å². The Hall–Kier alpha value is -2.25. The zero-order valence-electron chi connectivity index (χ0n) is 14.6. The van der Waals surface area contributed by atoms with Crippen LogP contribution in [0.25, 0.3) is 0 Å². The number of carbonyl (C=O) groups excluding carboxylic acids is 1. The summed E-state index contributed by atoms with van der Waals surface area (Å²) in [5.74, 6) is -1.93. The summed E-state index contributed by atoms with van der Waals surface area (Å²) >= 11 is 0. The maximum absolute atomic E-state index is 12.9. The van der Waals surface area contributed by atoms with E-state index in [9.17, 15) is 22.8 Å². The van der Waals surface area contributed by atoms with Crippen molar-refractivity contribution in [3.05, 3.63) is 35.4 Å². The van der Waals surface area contributed by atoms with Crippen LogP contribution < -0.4 is 5.32 Å². The molecule has 140 valence electrons. The van der Waals surface area contributed by atoms with Gasteiger partial charge in [-0.2, -0.15) is 13.2 Å². The van der Waals surface area contributed by atoms with Gasteiger partial charge >= 0.3 is 18.2 Å². The molecule has 8 heteroatoms. The fourth-order valence-corrected chi connectivity index (χ4v) is 2.36. The van der Waals surface area contributed by atoms with E-state index in [1.807, 2.05) is 0 Å². The van der Waals surface area contributed by atoms with Gasteiger partial charge in [0.25, 0.3) is 0 Å². The van der Waals surface area contributed by atoms with Crippen molar-refractivity contribution in [3.63, 3.8) is 0 Å². The number of alkyl halides is 3. The van der Waals surface area contributed by atoms with Crippen LogP contribution in [0.2, 0.25) is 0 Å². The highest BCUT2D eigenvalue weighted by atomic mass is 19.4. The van der Waals surface area contributed by atoms with Gasteiger partial charge in [-0.3, -0.25) is 4.79 Å². The van der Waals surface area contributed by atoms with E-state index in [0.717, 1.165) is 12.1 Å². The van der Waals surface area contributed by atoms with Crippen LogP contribution >= 0.6 is 0 Å². The molecule has 0 saturated heterocycles. The molecule has 0 aromatic heterocycles. The maximum atomic E-state index is 12.9. The summed E-state index contributed by atoms with van der Waals surface area (Å²) in [4.78, 5) is 24.4. The Morgan fingerprint density at radius 2 is 1.84 bits per heavy atom. The van der Waals surface area contributed by atoms with Gasteiger partial charge < -0.3 is 15.3 Å². The van der Waals surface area contributed by atoms with Crippen molar-refractivity contribution >= 4 is 12.0 Å². The molecule has 25 heavy (non-hydrogen) atoms. The second kappa shape index (κ2) is 8.22. The molecule has 2 unspecified atom stereocenters. The predicted octanol–water partition coefficient (Wildman–Crippen LogP) is 3.76. The summed E-state index contributed by atoms with van der Waals surface area (Å²) in [5.41, 5.74) is -0.435. The van der Waals surface area contributed by atoms with Crippen LogP contribution in [-0.4, -0.2) is 35.6 Å².